The van der Waals surface area contributed by atoms with E-state index in [1.54, 1.807) is 0 Å². The summed E-state index contributed by atoms with van der Waals surface area (Å²) < 4.78 is 44.1. The molecule has 0 radical (unpaired) electrons. The summed E-state index contributed by atoms with van der Waals surface area (Å²) in [5, 5.41) is 20.1. The van der Waals surface area contributed by atoms with E-state index in [0.717, 1.165) is 12.1 Å². The number of allylic oxidation sites excluding steroid dienone is 1. The van der Waals surface area contributed by atoms with Crippen molar-refractivity contribution < 1.29 is 22.5 Å². The zero-order valence-electron chi connectivity index (χ0n) is 14.1. The minimum absolute atomic E-state index is 0.106. The van der Waals surface area contributed by atoms with Gasteiger partial charge in [0.1, 0.15) is 11.5 Å². The average Bonchev–Trinajstić information content (AvgIpc) is 3.14. The number of halogens is 3. The van der Waals surface area contributed by atoms with Gasteiger partial charge in [-0.3, -0.25) is 10.1 Å². The maximum absolute atomic E-state index is 12.9. The summed E-state index contributed by atoms with van der Waals surface area (Å²) in [6.07, 6.45) is -3.05. The third kappa shape index (κ3) is 4.10. The first kappa shape index (κ1) is 18.9. The Balaban J connectivity index is 1.91. The molecule has 0 saturated carbocycles. The van der Waals surface area contributed by atoms with Gasteiger partial charge in [0.15, 0.2) is 0 Å². The first-order valence-electron chi connectivity index (χ1n) is 7.92. The second-order valence-corrected chi connectivity index (χ2v) is 5.75. The fraction of sp³-hybridized carbons (Fsp3) is 0.0500. The zero-order valence-corrected chi connectivity index (χ0v) is 14.1. The standard InChI is InChI=1S/C20H11F3N2O3/c21-20(22,23)16-3-1-2-14(10-16)19-9-8-18(28-19)11-15(12-24)13-4-6-17(7-5-13)25(26)27/h1-11H/b15-11-. The molecular weight excluding hydrogens is 373 g/mol. The number of non-ortho nitro benzene ring substituents is 1. The van der Waals surface area contributed by atoms with Crippen molar-refractivity contribution >= 4 is 17.3 Å². The zero-order chi connectivity index (χ0) is 20.3. The Hall–Kier alpha value is -3.86. The van der Waals surface area contributed by atoms with E-state index in [1.807, 2.05) is 6.07 Å². The lowest BCUT2D eigenvalue weighted by molar-refractivity contribution is -0.384. The molecule has 0 spiro atoms. The largest absolute Gasteiger partial charge is 0.457 e. The van der Waals surface area contributed by atoms with Crippen LogP contribution in [-0.2, 0) is 6.18 Å². The van der Waals surface area contributed by atoms with E-state index in [2.05, 4.69) is 0 Å². The molecule has 8 heteroatoms. The lowest BCUT2D eigenvalue weighted by atomic mass is 10.1. The minimum atomic E-state index is -4.46. The molecule has 28 heavy (non-hydrogen) atoms. The summed E-state index contributed by atoms with van der Waals surface area (Å²) in [5.74, 6) is 0.487. The van der Waals surface area contributed by atoms with E-state index >= 15 is 0 Å². The summed E-state index contributed by atoms with van der Waals surface area (Å²) >= 11 is 0. The molecular formula is C20H11F3N2O3. The van der Waals surface area contributed by atoms with E-state index in [4.69, 9.17) is 4.42 Å². The maximum atomic E-state index is 12.9. The van der Waals surface area contributed by atoms with Gasteiger partial charge in [-0.25, -0.2) is 0 Å². The van der Waals surface area contributed by atoms with Crippen molar-refractivity contribution in [3.8, 4) is 17.4 Å². The van der Waals surface area contributed by atoms with E-state index in [1.165, 1.54) is 54.6 Å². The number of nitro benzene ring substituents is 1. The Morgan fingerprint density at radius 2 is 1.82 bits per heavy atom. The second kappa shape index (κ2) is 7.40. The Bertz CT molecular complexity index is 1090. The first-order valence-corrected chi connectivity index (χ1v) is 7.92. The highest BCUT2D eigenvalue weighted by Gasteiger charge is 2.30. The van der Waals surface area contributed by atoms with Crippen LogP contribution in [0.1, 0.15) is 16.9 Å². The fourth-order valence-corrected chi connectivity index (χ4v) is 2.52. The van der Waals surface area contributed by atoms with Crippen molar-refractivity contribution in [2.75, 3.05) is 0 Å². The molecule has 3 aromatic rings. The number of benzene rings is 2. The lowest BCUT2D eigenvalue weighted by Gasteiger charge is -2.07. The van der Waals surface area contributed by atoms with Crippen LogP contribution in [0.4, 0.5) is 18.9 Å². The van der Waals surface area contributed by atoms with Gasteiger partial charge in [-0.15, -0.1) is 0 Å². The van der Waals surface area contributed by atoms with E-state index in [9.17, 15) is 28.5 Å². The van der Waals surface area contributed by atoms with Gasteiger partial charge in [-0.2, -0.15) is 18.4 Å². The molecule has 0 fully saturated rings. The number of nitro groups is 1. The van der Waals surface area contributed by atoms with Crippen LogP contribution < -0.4 is 0 Å². The monoisotopic (exact) mass is 384 g/mol. The number of rotatable bonds is 4. The number of hydrogen-bond acceptors (Lipinski definition) is 4. The van der Waals surface area contributed by atoms with Crippen molar-refractivity contribution in [2.45, 2.75) is 6.18 Å². The van der Waals surface area contributed by atoms with Gasteiger partial charge < -0.3 is 4.42 Å². The van der Waals surface area contributed by atoms with Crippen LogP contribution in [0.2, 0.25) is 0 Å². The molecule has 0 aliphatic carbocycles. The molecule has 0 N–H and O–H groups in total. The Morgan fingerprint density at radius 1 is 1.11 bits per heavy atom. The van der Waals surface area contributed by atoms with E-state index in [0.29, 0.717) is 5.56 Å². The van der Waals surface area contributed by atoms with Crippen LogP contribution in [0.5, 0.6) is 0 Å². The summed E-state index contributed by atoms with van der Waals surface area (Å²) in [4.78, 5) is 10.2. The number of furan rings is 1. The predicted octanol–water partition coefficient (Wildman–Crippen LogP) is 5.94. The molecule has 0 bridgehead atoms. The van der Waals surface area contributed by atoms with Gasteiger partial charge in [-0.05, 0) is 48.0 Å². The SMILES string of the molecule is N#C/C(=C/c1ccc(-c2cccc(C(F)(F)F)c2)o1)c1ccc([N+](=O)[O-])cc1. The highest BCUT2D eigenvalue weighted by Crippen LogP contribution is 2.33. The molecule has 0 unspecified atom stereocenters. The van der Waals surface area contributed by atoms with Gasteiger partial charge in [0.25, 0.3) is 5.69 Å². The molecule has 0 atom stereocenters. The van der Waals surface area contributed by atoms with Crippen molar-refractivity contribution in [3.05, 3.63) is 87.7 Å². The molecule has 2 aromatic carbocycles. The molecule has 5 nitrogen and oxygen atoms in total. The van der Waals surface area contributed by atoms with Crippen molar-refractivity contribution in [3.63, 3.8) is 0 Å². The van der Waals surface area contributed by atoms with Crippen LogP contribution >= 0.6 is 0 Å². The lowest BCUT2D eigenvalue weighted by Crippen LogP contribution is -2.04. The molecule has 0 saturated heterocycles. The normalized spacial score (nSPS) is 11.9. The molecule has 1 aromatic heterocycles. The molecule has 0 aliphatic heterocycles. The number of hydrogen-bond donors (Lipinski definition) is 0. The minimum Gasteiger partial charge on any atom is -0.457 e. The molecule has 140 valence electrons. The molecule has 0 aliphatic rings. The quantitative estimate of drug-likeness (QED) is 0.317. The highest BCUT2D eigenvalue weighted by molar-refractivity contribution is 5.89. The smallest absolute Gasteiger partial charge is 0.416 e. The molecule has 0 amide bonds. The third-order valence-corrected chi connectivity index (χ3v) is 3.90. The van der Waals surface area contributed by atoms with Gasteiger partial charge in [0, 0.05) is 17.7 Å². The summed E-state index contributed by atoms with van der Waals surface area (Å²) in [6.45, 7) is 0. The van der Waals surface area contributed by atoms with Crippen molar-refractivity contribution in [1.82, 2.24) is 0 Å². The summed E-state index contributed by atoms with van der Waals surface area (Å²) in [6, 6.07) is 15.1. The van der Waals surface area contributed by atoms with Gasteiger partial charge >= 0.3 is 6.18 Å². The fourth-order valence-electron chi connectivity index (χ4n) is 2.52. The Labute approximate surface area is 157 Å². The van der Waals surface area contributed by atoms with Crippen LogP contribution in [0.3, 0.4) is 0 Å². The van der Waals surface area contributed by atoms with E-state index in [-0.39, 0.29) is 28.3 Å². The average molecular weight is 384 g/mol. The molecule has 3 rings (SSSR count). The number of nitrogens with zero attached hydrogens (tertiary/aromatic N) is 2. The van der Waals surface area contributed by atoms with Crippen LogP contribution in [0.15, 0.2) is 65.1 Å². The Kier molecular flexibility index (Phi) is 5.00. The Morgan fingerprint density at radius 3 is 2.43 bits per heavy atom. The van der Waals surface area contributed by atoms with Gasteiger partial charge in [0.05, 0.1) is 22.1 Å². The van der Waals surface area contributed by atoms with Crippen LogP contribution in [0.25, 0.3) is 23.0 Å². The van der Waals surface area contributed by atoms with Gasteiger partial charge in [0.2, 0.25) is 0 Å². The summed E-state index contributed by atoms with van der Waals surface area (Å²) in [5.41, 5.74) is 0.00114. The number of nitriles is 1. The first-order chi connectivity index (χ1) is 13.3. The third-order valence-electron chi connectivity index (χ3n) is 3.90. The van der Waals surface area contributed by atoms with Crippen molar-refractivity contribution in [1.29, 1.82) is 5.26 Å². The highest BCUT2D eigenvalue weighted by atomic mass is 19.4. The summed E-state index contributed by atoms with van der Waals surface area (Å²) in [7, 11) is 0. The van der Waals surface area contributed by atoms with Crippen LogP contribution in [0, 0.1) is 21.4 Å². The number of alkyl halides is 3. The topological polar surface area (TPSA) is 80.1 Å². The van der Waals surface area contributed by atoms with Crippen LogP contribution in [-0.4, -0.2) is 4.92 Å². The van der Waals surface area contributed by atoms with E-state index < -0.39 is 16.7 Å². The second-order valence-electron chi connectivity index (χ2n) is 5.75. The maximum Gasteiger partial charge on any atom is 0.416 e. The molecule has 1 heterocycles. The van der Waals surface area contributed by atoms with Crippen molar-refractivity contribution in [2.24, 2.45) is 0 Å². The van der Waals surface area contributed by atoms with Gasteiger partial charge in [-0.1, -0.05) is 12.1 Å². The predicted molar refractivity (Wildman–Crippen MR) is 95.7 cm³/mol.